The Bertz CT molecular complexity index is 516. The minimum atomic E-state index is -0.462. The van der Waals surface area contributed by atoms with Crippen LogP contribution in [-0.2, 0) is 9.47 Å². The Morgan fingerprint density at radius 3 is 2.83 bits per heavy atom. The third kappa shape index (κ3) is 5.74. The SMILES string of the molecule is C[C@H](OCC[C@@H]1CCCCN1C(=O)OC(C)(C)C)c1cnccn1. The van der Waals surface area contributed by atoms with E-state index >= 15 is 0 Å². The number of rotatable bonds is 5. The summed E-state index contributed by atoms with van der Waals surface area (Å²) in [6, 6.07) is 0.183. The summed E-state index contributed by atoms with van der Waals surface area (Å²) in [4.78, 5) is 22.6. The molecule has 1 saturated heterocycles. The maximum absolute atomic E-state index is 12.4. The number of amides is 1. The Balaban J connectivity index is 1.84. The highest BCUT2D eigenvalue weighted by molar-refractivity contribution is 5.68. The van der Waals surface area contributed by atoms with Crippen LogP contribution < -0.4 is 0 Å². The first-order valence-electron chi connectivity index (χ1n) is 8.74. The zero-order valence-electron chi connectivity index (χ0n) is 15.2. The number of likely N-dealkylation sites (tertiary alicyclic amines) is 1. The molecule has 0 spiro atoms. The molecule has 0 saturated carbocycles. The minimum Gasteiger partial charge on any atom is -0.444 e. The number of ether oxygens (including phenoxy) is 2. The van der Waals surface area contributed by atoms with Gasteiger partial charge in [0, 0.05) is 31.6 Å². The molecule has 1 fully saturated rings. The fourth-order valence-electron chi connectivity index (χ4n) is 2.85. The molecule has 0 radical (unpaired) electrons. The van der Waals surface area contributed by atoms with Crippen molar-refractivity contribution in [1.82, 2.24) is 14.9 Å². The van der Waals surface area contributed by atoms with Crippen molar-refractivity contribution in [3.8, 4) is 0 Å². The average molecular weight is 335 g/mol. The Kier molecular flexibility index (Phi) is 6.54. The van der Waals surface area contributed by atoms with Crippen molar-refractivity contribution in [2.24, 2.45) is 0 Å². The molecule has 2 atom stereocenters. The van der Waals surface area contributed by atoms with Gasteiger partial charge in [0.2, 0.25) is 0 Å². The summed E-state index contributed by atoms with van der Waals surface area (Å²) in [6.45, 7) is 9.01. The van der Waals surface area contributed by atoms with Crippen LogP contribution in [0.25, 0.3) is 0 Å². The maximum Gasteiger partial charge on any atom is 0.410 e. The van der Waals surface area contributed by atoms with Gasteiger partial charge in [-0.3, -0.25) is 9.97 Å². The highest BCUT2D eigenvalue weighted by Crippen LogP contribution is 2.23. The molecule has 0 aliphatic carbocycles. The molecular weight excluding hydrogens is 306 g/mol. The molecule has 1 aromatic rings. The van der Waals surface area contributed by atoms with Gasteiger partial charge in [-0.1, -0.05) is 0 Å². The van der Waals surface area contributed by atoms with E-state index in [1.807, 2.05) is 32.6 Å². The Morgan fingerprint density at radius 1 is 1.38 bits per heavy atom. The summed E-state index contributed by atoms with van der Waals surface area (Å²) in [5.41, 5.74) is 0.362. The number of piperidine rings is 1. The summed E-state index contributed by atoms with van der Waals surface area (Å²) >= 11 is 0. The smallest absolute Gasteiger partial charge is 0.410 e. The van der Waals surface area contributed by atoms with Gasteiger partial charge >= 0.3 is 6.09 Å². The fraction of sp³-hybridized carbons (Fsp3) is 0.722. The van der Waals surface area contributed by atoms with Gasteiger partial charge in [-0.15, -0.1) is 0 Å². The van der Waals surface area contributed by atoms with Gasteiger partial charge < -0.3 is 14.4 Å². The molecule has 1 amide bonds. The molecule has 1 aliphatic rings. The van der Waals surface area contributed by atoms with Crippen LogP contribution in [0.5, 0.6) is 0 Å². The van der Waals surface area contributed by atoms with E-state index in [1.165, 1.54) is 0 Å². The van der Waals surface area contributed by atoms with E-state index in [4.69, 9.17) is 9.47 Å². The third-order valence-corrected chi connectivity index (χ3v) is 4.07. The summed E-state index contributed by atoms with van der Waals surface area (Å²) in [7, 11) is 0. The fourth-order valence-corrected chi connectivity index (χ4v) is 2.85. The number of aromatic nitrogens is 2. The van der Waals surface area contributed by atoms with Crippen molar-refractivity contribution < 1.29 is 14.3 Å². The van der Waals surface area contributed by atoms with E-state index in [0.717, 1.165) is 37.9 Å². The van der Waals surface area contributed by atoms with Crippen molar-refractivity contribution >= 4 is 6.09 Å². The highest BCUT2D eigenvalue weighted by Gasteiger charge is 2.30. The van der Waals surface area contributed by atoms with Gasteiger partial charge in [-0.25, -0.2) is 4.79 Å². The van der Waals surface area contributed by atoms with Gasteiger partial charge in [-0.05, 0) is 53.4 Å². The minimum absolute atomic E-state index is 0.0998. The standard InChI is InChI=1S/C18H29N3O3/c1-14(16-13-19-9-10-20-16)23-12-8-15-7-5-6-11-21(15)17(22)24-18(2,3)4/h9-10,13-15H,5-8,11-12H2,1-4H3/t14-,15-/m0/s1. The van der Waals surface area contributed by atoms with Gasteiger partial charge in [0.05, 0.1) is 18.0 Å². The van der Waals surface area contributed by atoms with E-state index in [1.54, 1.807) is 18.6 Å². The van der Waals surface area contributed by atoms with Crippen LogP contribution in [-0.4, -0.2) is 45.8 Å². The summed E-state index contributed by atoms with van der Waals surface area (Å²) in [5.74, 6) is 0. The van der Waals surface area contributed by atoms with E-state index in [2.05, 4.69) is 9.97 Å². The molecule has 1 aromatic heterocycles. The molecule has 2 heterocycles. The first-order chi connectivity index (χ1) is 11.4. The predicted octanol–water partition coefficient (Wildman–Crippen LogP) is 3.73. The van der Waals surface area contributed by atoms with E-state index in [-0.39, 0.29) is 18.2 Å². The van der Waals surface area contributed by atoms with Gasteiger partial charge in [-0.2, -0.15) is 0 Å². The molecule has 6 nitrogen and oxygen atoms in total. The van der Waals surface area contributed by atoms with Crippen LogP contribution in [0.3, 0.4) is 0 Å². The van der Waals surface area contributed by atoms with Crippen molar-refractivity contribution in [3.05, 3.63) is 24.3 Å². The molecule has 24 heavy (non-hydrogen) atoms. The lowest BCUT2D eigenvalue weighted by Crippen LogP contribution is -2.46. The molecule has 134 valence electrons. The number of hydrogen-bond donors (Lipinski definition) is 0. The lowest BCUT2D eigenvalue weighted by Gasteiger charge is -2.36. The lowest BCUT2D eigenvalue weighted by molar-refractivity contribution is -0.000633. The summed E-state index contributed by atoms with van der Waals surface area (Å²) in [6.07, 6.45) is 8.71. The summed E-state index contributed by atoms with van der Waals surface area (Å²) < 4.78 is 11.4. The van der Waals surface area contributed by atoms with Crippen molar-refractivity contribution in [2.75, 3.05) is 13.2 Å². The van der Waals surface area contributed by atoms with Gasteiger partial charge in [0.25, 0.3) is 0 Å². The zero-order chi connectivity index (χ0) is 17.6. The Morgan fingerprint density at radius 2 is 2.17 bits per heavy atom. The average Bonchev–Trinajstić information content (AvgIpc) is 2.54. The predicted molar refractivity (Wildman–Crippen MR) is 91.6 cm³/mol. The summed E-state index contributed by atoms with van der Waals surface area (Å²) in [5, 5.41) is 0. The van der Waals surface area contributed by atoms with Crippen LogP contribution in [0.15, 0.2) is 18.6 Å². The second-order valence-electron chi connectivity index (χ2n) is 7.26. The second kappa shape index (κ2) is 8.42. The van der Waals surface area contributed by atoms with Crippen LogP contribution in [0.2, 0.25) is 0 Å². The third-order valence-electron chi connectivity index (χ3n) is 4.07. The van der Waals surface area contributed by atoms with E-state index in [0.29, 0.717) is 6.61 Å². The van der Waals surface area contributed by atoms with Crippen molar-refractivity contribution in [1.29, 1.82) is 0 Å². The molecule has 0 N–H and O–H groups in total. The maximum atomic E-state index is 12.4. The van der Waals surface area contributed by atoms with E-state index in [9.17, 15) is 4.79 Å². The van der Waals surface area contributed by atoms with E-state index < -0.39 is 5.60 Å². The van der Waals surface area contributed by atoms with Crippen LogP contribution in [0.1, 0.15) is 65.2 Å². The Labute approximate surface area is 144 Å². The van der Waals surface area contributed by atoms with Gasteiger partial charge in [0.1, 0.15) is 5.60 Å². The van der Waals surface area contributed by atoms with Crippen molar-refractivity contribution in [3.63, 3.8) is 0 Å². The number of nitrogens with zero attached hydrogens (tertiary/aromatic N) is 3. The number of carbonyl (C=O) groups is 1. The topological polar surface area (TPSA) is 64.5 Å². The van der Waals surface area contributed by atoms with Crippen LogP contribution in [0.4, 0.5) is 4.79 Å². The van der Waals surface area contributed by atoms with Crippen LogP contribution in [0, 0.1) is 0 Å². The quantitative estimate of drug-likeness (QED) is 0.820. The lowest BCUT2D eigenvalue weighted by atomic mass is 10.0. The Hall–Kier alpha value is -1.69. The largest absolute Gasteiger partial charge is 0.444 e. The second-order valence-corrected chi connectivity index (χ2v) is 7.26. The molecule has 0 unspecified atom stereocenters. The van der Waals surface area contributed by atoms with Crippen molar-refractivity contribution in [2.45, 2.75) is 71.1 Å². The highest BCUT2D eigenvalue weighted by atomic mass is 16.6. The van der Waals surface area contributed by atoms with Crippen LogP contribution >= 0.6 is 0 Å². The molecular formula is C18H29N3O3. The number of hydrogen-bond acceptors (Lipinski definition) is 5. The first-order valence-corrected chi connectivity index (χ1v) is 8.74. The first kappa shape index (κ1) is 18.6. The zero-order valence-corrected chi connectivity index (χ0v) is 15.2. The van der Waals surface area contributed by atoms with Gasteiger partial charge in [0.15, 0.2) is 0 Å². The molecule has 2 rings (SSSR count). The normalized spacial score (nSPS) is 19.8. The molecule has 1 aliphatic heterocycles. The molecule has 6 heteroatoms. The number of carbonyl (C=O) groups excluding carboxylic acids is 1. The monoisotopic (exact) mass is 335 g/mol. The molecule has 0 aromatic carbocycles. The molecule has 0 bridgehead atoms.